The van der Waals surface area contributed by atoms with Crippen molar-refractivity contribution >= 4 is 11.6 Å². The lowest BCUT2D eigenvalue weighted by molar-refractivity contribution is -0.0534. The number of hydrogen-bond donors (Lipinski definition) is 0. The molecule has 14 heavy (non-hydrogen) atoms. The second kappa shape index (κ2) is 6.02. The molecule has 1 aromatic carbocycles. The van der Waals surface area contributed by atoms with Gasteiger partial charge in [-0.3, -0.25) is 0 Å². The fourth-order valence-corrected chi connectivity index (χ4v) is 1.29. The van der Waals surface area contributed by atoms with Crippen molar-refractivity contribution in [2.24, 2.45) is 0 Å². The third-order valence-corrected chi connectivity index (χ3v) is 2.11. The van der Waals surface area contributed by atoms with Gasteiger partial charge in [-0.2, -0.15) is 0 Å². The van der Waals surface area contributed by atoms with Crippen LogP contribution in [0, 0.1) is 6.42 Å². The maximum absolute atomic E-state index is 5.98. The first-order valence-electron chi connectivity index (χ1n) is 4.44. The van der Waals surface area contributed by atoms with E-state index in [1.165, 1.54) is 0 Å². The Morgan fingerprint density at radius 2 is 2.14 bits per heavy atom. The van der Waals surface area contributed by atoms with Crippen LogP contribution in [-0.4, -0.2) is 20.0 Å². The number of rotatable bonds is 5. The van der Waals surface area contributed by atoms with Crippen molar-refractivity contribution in [3.63, 3.8) is 0 Å². The molecule has 0 aromatic heterocycles. The van der Waals surface area contributed by atoms with Crippen LogP contribution in [-0.2, 0) is 9.47 Å². The van der Waals surface area contributed by atoms with E-state index in [9.17, 15) is 0 Å². The van der Waals surface area contributed by atoms with E-state index in [1.807, 2.05) is 37.6 Å². The highest BCUT2D eigenvalue weighted by Crippen LogP contribution is 2.18. The Labute approximate surface area is 89.8 Å². The maximum Gasteiger partial charge on any atom is 0.146 e. The van der Waals surface area contributed by atoms with E-state index >= 15 is 0 Å². The second-order valence-electron chi connectivity index (χ2n) is 2.97. The molecule has 0 bridgehead atoms. The van der Waals surface area contributed by atoms with Crippen LogP contribution in [0.15, 0.2) is 24.3 Å². The van der Waals surface area contributed by atoms with Crippen molar-refractivity contribution in [3.8, 4) is 0 Å². The first-order chi connectivity index (χ1) is 6.74. The summed E-state index contributed by atoms with van der Waals surface area (Å²) in [6.45, 7) is 2.24. The van der Waals surface area contributed by atoms with Crippen molar-refractivity contribution in [3.05, 3.63) is 41.3 Å². The highest BCUT2D eigenvalue weighted by atomic mass is 35.5. The molecule has 0 aliphatic rings. The normalized spacial score (nSPS) is 12.8. The van der Waals surface area contributed by atoms with Gasteiger partial charge in [0.15, 0.2) is 0 Å². The number of methoxy groups -OCH3 is 1. The Morgan fingerprint density at radius 3 is 2.79 bits per heavy atom. The molecule has 0 spiro atoms. The zero-order valence-corrected chi connectivity index (χ0v) is 9.12. The van der Waals surface area contributed by atoms with Crippen molar-refractivity contribution in [1.29, 1.82) is 0 Å². The first-order valence-corrected chi connectivity index (χ1v) is 4.81. The Bertz CT molecular complexity index is 276. The molecular formula is C11H14ClO2. The molecule has 1 atom stereocenters. The lowest BCUT2D eigenvalue weighted by atomic mass is 10.1. The zero-order chi connectivity index (χ0) is 10.4. The standard InChI is InChI=1S/C11H14ClO2/c1-9(14-8-13-2)7-10-5-3-4-6-11(10)12/h3-7,9H,8H2,1-2H3/t9-/m0/s1. The second-order valence-corrected chi connectivity index (χ2v) is 3.37. The van der Waals surface area contributed by atoms with Crippen molar-refractivity contribution in [2.45, 2.75) is 13.0 Å². The van der Waals surface area contributed by atoms with Crippen molar-refractivity contribution < 1.29 is 9.47 Å². The predicted molar refractivity (Wildman–Crippen MR) is 57.3 cm³/mol. The molecule has 2 nitrogen and oxygen atoms in total. The molecule has 0 saturated heterocycles. The Balaban J connectivity index is 2.47. The van der Waals surface area contributed by atoms with Gasteiger partial charge in [0.05, 0.1) is 6.10 Å². The fraction of sp³-hybridized carbons (Fsp3) is 0.364. The molecule has 1 aromatic rings. The van der Waals surface area contributed by atoms with Crippen LogP contribution in [0.25, 0.3) is 0 Å². The van der Waals surface area contributed by atoms with Gasteiger partial charge in [0.1, 0.15) is 6.79 Å². The van der Waals surface area contributed by atoms with E-state index in [2.05, 4.69) is 0 Å². The molecule has 1 rings (SSSR count). The lowest BCUT2D eigenvalue weighted by Crippen LogP contribution is -2.11. The van der Waals surface area contributed by atoms with Gasteiger partial charge in [0, 0.05) is 18.6 Å². The average Bonchev–Trinajstić information content (AvgIpc) is 2.18. The summed E-state index contributed by atoms with van der Waals surface area (Å²) in [4.78, 5) is 0. The van der Waals surface area contributed by atoms with Crippen molar-refractivity contribution in [2.75, 3.05) is 13.9 Å². The zero-order valence-electron chi connectivity index (χ0n) is 8.37. The Kier molecular flexibility index (Phi) is 4.94. The molecule has 0 aliphatic heterocycles. The summed E-state index contributed by atoms with van der Waals surface area (Å²) >= 11 is 5.98. The molecule has 1 radical (unpaired) electrons. The van der Waals surface area contributed by atoms with Crippen LogP contribution in [0.4, 0.5) is 0 Å². The Hall–Kier alpha value is -0.570. The quantitative estimate of drug-likeness (QED) is 0.701. The minimum absolute atomic E-state index is 0.00477. The molecule has 0 heterocycles. The summed E-state index contributed by atoms with van der Waals surface area (Å²) in [5, 5.41) is 0.736. The van der Waals surface area contributed by atoms with Gasteiger partial charge in [-0.15, -0.1) is 0 Å². The van der Waals surface area contributed by atoms with Crippen LogP contribution in [0.1, 0.15) is 12.5 Å². The smallest absolute Gasteiger partial charge is 0.146 e. The van der Waals surface area contributed by atoms with Crippen LogP contribution in [0.3, 0.4) is 0 Å². The van der Waals surface area contributed by atoms with Gasteiger partial charge in [0.2, 0.25) is 0 Å². The topological polar surface area (TPSA) is 18.5 Å². The third kappa shape index (κ3) is 3.66. The summed E-state index contributed by atoms with van der Waals surface area (Å²) in [5.41, 5.74) is 0.984. The van der Waals surface area contributed by atoms with E-state index in [4.69, 9.17) is 21.1 Å². The van der Waals surface area contributed by atoms with Crippen LogP contribution in [0.5, 0.6) is 0 Å². The van der Waals surface area contributed by atoms with Gasteiger partial charge < -0.3 is 9.47 Å². The molecule has 77 valence electrons. The molecule has 0 fully saturated rings. The van der Waals surface area contributed by atoms with Gasteiger partial charge >= 0.3 is 0 Å². The minimum Gasteiger partial charge on any atom is -0.359 e. The largest absolute Gasteiger partial charge is 0.359 e. The van der Waals surface area contributed by atoms with E-state index < -0.39 is 0 Å². The van der Waals surface area contributed by atoms with E-state index in [-0.39, 0.29) is 6.10 Å². The average molecular weight is 214 g/mol. The summed E-state index contributed by atoms with van der Waals surface area (Å²) < 4.78 is 10.1. The van der Waals surface area contributed by atoms with Gasteiger partial charge in [-0.05, 0) is 18.6 Å². The molecular weight excluding hydrogens is 200 g/mol. The molecule has 0 N–H and O–H groups in total. The predicted octanol–water partition coefficient (Wildman–Crippen LogP) is 2.90. The number of halogens is 1. The van der Waals surface area contributed by atoms with E-state index in [0.717, 1.165) is 10.6 Å². The highest BCUT2D eigenvalue weighted by molar-refractivity contribution is 6.31. The minimum atomic E-state index is -0.00477. The van der Waals surface area contributed by atoms with Gasteiger partial charge in [-0.25, -0.2) is 0 Å². The Morgan fingerprint density at radius 1 is 1.43 bits per heavy atom. The SMILES string of the molecule is COCO[C@@H](C)[CH]c1ccccc1Cl. The highest BCUT2D eigenvalue weighted by Gasteiger charge is 2.06. The molecule has 3 heteroatoms. The molecule has 0 amide bonds. The monoisotopic (exact) mass is 213 g/mol. The first kappa shape index (κ1) is 11.5. The molecule has 0 saturated carbocycles. The molecule has 0 unspecified atom stereocenters. The summed E-state index contributed by atoms with van der Waals surface area (Å²) in [5.74, 6) is 0. The van der Waals surface area contributed by atoms with Crippen molar-refractivity contribution in [1.82, 2.24) is 0 Å². The van der Waals surface area contributed by atoms with Gasteiger partial charge in [-0.1, -0.05) is 29.8 Å². The third-order valence-electron chi connectivity index (χ3n) is 1.77. The van der Waals surface area contributed by atoms with Gasteiger partial charge in [0.25, 0.3) is 0 Å². The maximum atomic E-state index is 5.98. The molecule has 0 aliphatic carbocycles. The number of benzene rings is 1. The summed E-state index contributed by atoms with van der Waals surface area (Å²) in [7, 11) is 1.60. The summed E-state index contributed by atoms with van der Waals surface area (Å²) in [6, 6.07) is 7.66. The fourth-order valence-electron chi connectivity index (χ4n) is 1.09. The van der Waals surface area contributed by atoms with E-state index in [1.54, 1.807) is 7.11 Å². The van der Waals surface area contributed by atoms with E-state index in [0.29, 0.717) is 6.79 Å². The van der Waals surface area contributed by atoms with Crippen LogP contribution in [0.2, 0.25) is 5.02 Å². The van der Waals surface area contributed by atoms with Crippen LogP contribution >= 0.6 is 11.6 Å². The number of ether oxygens (including phenoxy) is 2. The van der Waals surface area contributed by atoms with Crippen LogP contribution < -0.4 is 0 Å². The number of hydrogen-bond acceptors (Lipinski definition) is 2. The summed E-state index contributed by atoms with van der Waals surface area (Å²) in [6.07, 6.45) is 1.95. The lowest BCUT2D eigenvalue weighted by Gasteiger charge is -2.12.